The number of nitrogens with one attached hydrogen (secondary N) is 1. The number of benzene rings is 2. The van der Waals surface area contributed by atoms with Crippen molar-refractivity contribution in [1.29, 1.82) is 0 Å². The minimum Gasteiger partial charge on any atom is -0.494 e. The van der Waals surface area contributed by atoms with Gasteiger partial charge in [-0.2, -0.15) is 0 Å². The average Bonchev–Trinajstić information content (AvgIpc) is 2.64. The molecular formula is C20H25FN2O2. The van der Waals surface area contributed by atoms with Crippen LogP contribution in [0.5, 0.6) is 5.75 Å². The van der Waals surface area contributed by atoms with Gasteiger partial charge in [0.15, 0.2) is 11.6 Å². The first-order valence-corrected chi connectivity index (χ1v) is 8.45. The molecular weight excluding hydrogens is 319 g/mol. The molecule has 0 unspecified atom stereocenters. The molecule has 0 aromatic heterocycles. The molecule has 0 saturated heterocycles. The van der Waals surface area contributed by atoms with Crippen LogP contribution in [0.4, 0.5) is 10.1 Å². The Morgan fingerprint density at radius 2 is 1.96 bits per heavy atom. The maximum Gasteiger partial charge on any atom is 0.220 e. The van der Waals surface area contributed by atoms with Crippen molar-refractivity contribution in [2.45, 2.75) is 19.3 Å². The van der Waals surface area contributed by atoms with E-state index < -0.39 is 5.82 Å². The molecule has 5 heteroatoms. The van der Waals surface area contributed by atoms with Crippen LogP contribution in [0.15, 0.2) is 48.5 Å². The third-order valence-electron chi connectivity index (χ3n) is 4.05. The van der Waals surface area contributed by atoms with Gasteiger partial charge in [0, 0.05) is 32.2 Å². The number of rotatable bonds is 9. The number of anilines is 1. The van der Waals surface area contributed by atoms with Gasteiger partial charge in [0.05, 0.1) is 7.11 Å². The van der Waals surface area contributed by atoms with Gasteiger partial charge >= 0.3 is 0 Å². The van der Waals surface area contributed by atoms with Crippen molar-refractivity contribution in [3.8, 4) is 5.75 Å². The molecule has 0 bridgehead atoms. The molecule has 2 aromatic rings. The summed E-state index contributed by atoms with van der Waals surface area (Å²) in [5, 5.41) is 2.91. The standard InChI is InChI=1S/C20H25FN2O2/c1-23(17-7-4-3-5-8-17)14-6-13-22-20(24)12-10-16-9-11-19(25-2)18(21)15-16/h3-5,7-9,11,15H,6,10,12-14H2,1-2H3,(H,22,24). The Morgan fingerprint density at radius 1 is 1.20 bits per heavy atom. The highest BCUT2D eigenvalue weighted by atomic mass is 19.1. The Balaban J connectivity index is 1.65. The number of amides is 1. The lowest BCUT2D eigenvalue weighted by atomic mass is 10.1. The quantitative estimate of drug-likeness (QED) is 0.709. The van der Waals surface area contributed by atoms with Crippen LogP contribution in [0.25, 0.3) is 0 Å². The second kappa shape index (κ2) is 9.67. The Morgan fingerprint density at radius 3 is 2.64 bits per heavy atom. The molecule has 0 heterocycles. The molecule has 1 amide bonds. The van der Waals surface area contributed by atoms with Crippen LogP contribution in [-0.2, 0) is 11.2 Å². The number of halogens is 1. The average molecular weight is 344 g/mol. The van der Waals surface area contributed by atoms with Gasteiger partial charge in [0.2, 0.25) is 5.91 Å². The first kappa shape index (κ1) is 18.8. The van der Waals surface area contributed by atoms with Crippen LogP contribution >= 0.6 is 0 Å². The summed E-state index contributed by atoms with van der Waals surface area (Å²) in [5.41, 5.74) is 1.95. The molecule has 25 heavy (non-hydrogen) atoms. The number of hydrogen-bond acceptors (Lipinski definition) is 3. The van der Waals surface area contributed by atoms with E-state index in [4.69, 9.17) is 4.74 Å². The number of nitrogens with zero attached hydrogens (tertiary/aromatic N) is 1. The van der Waals surface area contributed by atoms with E-state index in [1.54, 1.807) is 12.1 Å². The van der Waals surface area contributed by atoms with E-state index >= 15 is 0 Å². The molecule has 4 nitrogen and oxygen atoms in total. The molecule has 0 fully saturated rings. The second-order valence-corrected chi connectivity index (χ2v) is 5.93. The Labute approximate surface area is 148 Å². The van der Waals surface area contributed by atoms with Crippen molar-refractivity contribution < 1.29 is 13.9 Å². The largest absolute Gasteiger partial charge is 0.494 e. The summed E-state index contributed by atoms with van der Waals surface area (Å²) in [6.07, 6.45) is 1.73. The highest BCUT2D eigenvalue weighted by Gasteiger charge is 2.06. The number of para-hydroxylation sites is 1. The first-order chi connectivity index (χ1) is 12.1. The molecule has 0 aliphatic carbocycles. The molecule has 0 atom stereocenters. The van der Waals surface area contributed by atoms with Crippen LogP contribution in [0.3, 0.4) is 0 Å². The van der Waals surface area contributed by atoms with Crippen LogP contribution in [-0.4, -0.2) is 33.2 Å². The predicted molar refractivity (Wildman–Crippen MR) is 98.6 cm³/mol. The van der Waals surface area contributed by atoms with Crippen LogP contribution in [0.1, 0.15) is 18.4 Å². The van der Waals surface area contributed by atoms with Gasteiger partial charge in [-0.3, -0.25) is 4.79 Å². The molecule has 0 aliphatic heterocycles. The first-order valence-electron chi connectivity index (χ1n) is 8.45. The van der Waals surface area contributed by atoms with E-state index in [2.05, 4.69) is 22.3 Å². The zero-order valence-corrected chi connectivity index (χ0v) is 14.8. The van der Waals surface area contributed by atoms with Gasteiger partial charge in [-0.1, -0.05) is 24.3 Å². The number of carbonyl (C=O) groups is 1. The van der Waals surface area contributed by atoms with Gasteiger partial charge in [0.25, 0.3) is 0 Å². The van der Waals surface area contributed by atoms with E-state index in [0.717, 1.165) is 24.2 Å². The molecule has 2 aromatic carbocycles. The maximum atomic E-state index is 13.6. The number of methoxy groups -OCH3 is 1. The lowest BCUT2D eigenvalue weighted by molar-refractivity contribution is -0.121. The van der Waals surface area contributed by atoms with Crippen LogP contribution in [0, 0.1) is 5.82 Å². The Bertz CT molecular complexity index is 677. The van der Waals surface area contributed by atoms with E-state index in [1.165, 1.54) is 13.2 Å². The molecule has 0 saturated carbocycles. The summed E-state index contributed by atoms with van der Waals surface area (Å²) in [6, 6.07) is 14.9. The van der Waals surface area contributed by atoms with Crippen molar-refractivity contribution in [3.05, 3.63) is 59.9 Å². The fraction of sp³-hybridized carbons (Fsp3) is 0.350. The van der Waals surface area contributed by atoms with Crippen molar-refractivity contribution in [2.24, 2.45) is 0 Å². The van der Waals surface area contributed by atoms with Gasteiger partial charge in [-0.25, -0.2) is 4.39 Å². The zero-order chi connectivity index (χ0) is 18.1. The SMILES string of the molecule is COc1ccc(CCC(=O)NCCCN(C)c2ccccc2)cc1F. The monoisotopic (exact) mass is 344 g/mol. The van der Waals surface area contributed by atoms with Crippen molar-refractivity contribution >= 4 is 11.6 Å². The smallest absolute Gasteiger partial charge is 0.220 e. The summed E-state index contributed by atoms with van der Waals surface area (Å²) in [4.78, 5) is 14.1. The molecule has 1 N–H and O–H groups in total. The van der Waals surface area contributed by atoms with Gasteiger partial charge in [0.1, 0.15) is 0 Å². The summed E-state index contributed by atoms with van der Waals surface area (Å²) in [6.45, 7) is 1.50. The van der Waals surface area contributed by atoms with E-state index in [9.17, 15) is 9.18 Å². The number of ether oxygens (including phenoxy) is 1. The summed E-state index contributed by atoms with van der Waals surface area (Å²) in [5.74, 6) is -0.196. The van der Waals surface area contributed by atoms with Crippen LogP contribution < -0.4 is 15.0 Å². The van der Waals surface area contributed by atoms with E-state index in [0.29, 0.717) is 19.4 Å². The van der Waals surface area contributed by atoms with E-state index in [-0.39, 0.29) is 11.7 Å². The fourth-order valence-electron chi connectivity index (χ4n) is 2.57. The van der Waals surface area contributed by atoms with Gasteiger partial charge in [-0.05, 0) is 42.7 Å². The van der Waals surface area contributed by atoms with Crippen molar-refractivity contribution in [3.63, 3.8) is 0 Å². The minimum absolute atomic E-state index is 0.0152. The Hall–Kier alpha value is -2.56. The third kappa shape index (κ3) is 6.10. The number of aryl methyl sites for hydroxylation is 1. The van der Waals surface area contributed by atoms with Crippen molar-refractivity contribution in [2.75, 3.05) is 32.1 Å². The predicted octanol–water partition coefficient (Wildman–Crippen LogP) is 3.41. The van der Waals surface area contributed by atoms with Gasteiger partial charge < -0.3 is 15.0 Å². The molecule has 134 valence electrons. The molecule has 0 radical (unpaired) electrons. The van der Waals surface area contributed by atoms with E-state index in [1.807, 2.05) is 25.2 Å². The third-order valence-corrected chi connectivity index (χ3v) is 4.05. The fourth-order valence-corrected chi connectivity index (χ4v) is 2.57. The second-order valence-electron chi connectivity index (χ2n) is 5.93. The normalized spacial score (nSPS) is 10.4. The summed E-state index contributed by atoms with van der Waals surface area (Å²) in [7, 11) is 3.47. The molecule has 0 aliphatic rings. The van der Waals surface area contributed by atoms with Gasteiger partial charge in [-0.15, -0.1) is 0 Å². The topological polar surface area (TPSA) is 41.6 Å². The lowest BCUT2D eigenvalue weighted by Gasteiger charge is -2.19. The minimum atomic E-state index is -0.399. The zero-order valence-electron chi connectivity index (χ0n) is 14.8. The Kier molecular flexibility index (Phi) is 7.26. The summed E-state index contributed by atoms with van der Waals surface area (Å²) >= 11 is 0. The summed E-state index contributed by atoms with van der Waals surface area (Å²) < 4.78 is 18.5. The number of hydrogen-bond donors (Lipinski definition) is 1. The highest BCUT2D eigenvalue weighted by Crippen LogP contribution is 2.18. The lowest BCUT2D eigenvalue weighted by Crippen LogP contribution is -2.28. The molecule has 2 rings (SSSR count). The highest BCUT2D eigenvalue weighted by molar-refractivity contribution is 5.76. The maximum absolute atomic E-state index is 13.6. The van der Waals surface area contributed by atoms with Crippen LogP contribution in [0.2, 0.25) is 0 Å². The number of carbonyl (C=O) groups excluding carboxylic acids is 1. The molecule has 0 spiro atoms. The van der Waals surface area contributed by atoms with Crippen molar-refractivity contribution in [1.82, 2.24) is 5.32 Å².